The molecule has 92 valence electrons. The van der Waals surface area contributed by atoms with Gasteiger partial charge in [0.15, 0.2) is 5.06 Å². The summed E-state index contributed by atoms with van der Waals surface area (Å²) in [6.45, 7) is 1.93. The van der Waals surface area contributed by atoms with Crippen molar-refractivity contribution >= 4 is 34.0 Å². The Bertz CT molecular complexity index is 691. The van der Waals surface area contributed by atoms with Gasteiger partial charge in [-0.2, -0.15) is 0 Å². The molecule has 0 bridgehead atoms. The number of hydrogen-bond donors (Lipinski definition) is 2. The first-order valence-corrected chi connectivity index (χ1v) is 7.83. The topological polar surface area (TPSA) is 40.5 Å². The molecule has 0 aliphatic heterocycles. The van der Waals surface area contributed by atoms with Crippen molar-refractivity contribution in [2.24, 2.45) is 0 Å². The molecular weight excluding hydrogens is 284 g/mol. The first kappa shape index (κ1) is 11.8. The molecule has 0 radical (unpaired) electrons. The Morgan fingerprint density at radius 3 is 2.17 bits per heavy atom. The summed E-state index contributed by atoms with van der Waals surface area (Å²) >= 11 is 4.61. The molecule has 0 atom stereocenters. The molecule has 0 saturated heterocycles. The van der Waals surface area contributed by atoms with Gasteiger partial charge in [0.25, 0.3) is 0 Å². The molecule has 3 rings (SSSR count). The minimum absolute atomic E-state index is 0.338. The van der Waals surface area contributed by atoms with Crippen molar-refractivity contribution in [3.05, 3.63) is 35.2 Å². The van der Waals surface area contributed by atoms with E-state index in [2.05, 4.69) is 12.1 Å². The first-order chi connectivity index (χ1) is 8.65. The predicted octanol–water partition coefficient (Wildman–Crippen LogP) is 4.92. The van der Waals surface area contributed by atoms with Gasteiger partial charge in [0.2, 0.25) is 0 Å². The molecule has 18 heavy (non-hydrogen) atoms. The minimum Gasteiger partial charge on any atom is -0.507 e. The quantitative estimate of drug-likeness (QED) is 0.704. The van der Waals surface area contributed by atoms with E-state index in [9.17, 15) is 10.2 Å². The van der Waals surface area contributed by atoms with Crippen molar-refractivity contribution in [1.29, 1.82) is 0 Å². The lowest BCUT2D eigenvalue weighted by Gasteiger charge is -1.94. The second-order valence-electron chi connectivity index (χ2n) is 3.88. The Morgan fingerprint density at radius 1 is 0.889 bits per heavy atom. The third-order valence-corrected chi connectivity index (χ3v) is 6.10. The number of aromatic hydroxyl groups is 2. The molecule has 2 nitrogen and oxygen atoms in total. The van der Waals surface area contributed by atoms with Crippen LogP contribution in [0.4, 0.5) is 0 Å². The summed E-state index contributed by atoms with van der Waals surface area (Å²) in [5.74, 6) is 0.360. The molecule has 5 heteroatoms. The third-order valence-electron chi connectivity index (χ3n) is 2.68. The monoisotopic (exact) mass is 294 g/mol. The van der Waals surface area contributed by atoms with Crippen LogP contribution in [-0.4, -0.2) is 10.2 Å². The van der Waals surface area contributed by atoms with Gasteiger partial charge in [-0.05, 0) is 31.2 Å². The summed E-state index contributed by atoms with van der Waals surface area (Å²) in [5, 5.41) is 21.1. The molecule has 0 amide bonds. The average molecular weight is 294 g/mol. The van der Waals surface area contributed by atoms with Crippen LogP contribution < -0.4 is 0 Å². The van der Waals surface area contributed by atoms with E-state index < -0.39 is 0 Å². The van der Waals surface area contributed by atoms with E-state index in [1.165, 1.54) is 11.3 Å². The van der Waals surface area contributed by atoms with E-state index in [0.29, 0.717) is 10.8 Å². The lowest BCUT2D eigenvalue weighted by Crippen LogP contribution is -1.69. The predicted molar refractivity (Wildman–Crippen MR) is 79.0 cm³/mol. The van der Waals surface area contributed by atoms with Crippen molar-refractivity contribution in [3.8, 4) is 30.3 Å². The Balaban J connectivity index is 2.01. The lowest BCUT2D eigenvalue weighted by molar-refractivity contribution is 0.474. The van der Waals surface area contributed by atoms with Crippen LogP contribution in [0.2, 0.25) is 0 Å². The van der Waals surface area contributed by atoms with E-state index in [1.807, 2.05) is 13.0 Å². The SMILES string of the molecule is Cc1c(O)csc1-c1ccc(-c2ccc(O)s2)s1. The fourth-order valence-corrected chi connectivity index (χ4v) is 4.68. The molecule has 0 aromatic carbocycles. The van der Waals surface area contributed by atoms with Gasteiger partial charge in [0, 0.05) is 25.6 Å². The first-order valence-electron chi connectivity index (χ1n) is 5.31. The normalized spacial score (nSPS) is 10.9. The van der Waals surface area contributed by atoms with Gasteiger partial charge < -0.3 is 10.2 Å². The van der Waals surface area contributed by atoms with Crippen LogP contribution >= 0.6 is 34.0 Å². The summed E-state index contributed by atoms with van der Waals surface area (Å²) in [7, 11) is 0. The van der Waals surface area contributed by atoms with E-state index in [0.717, 1.165) is 25.1 Å². The van der Waals surface area contributed by atoms with Gasteiger partial charge in [0.1, 0.15) is 5.75 Å². The average Bonchev–Trinajstić information content (AvgIpc) is 3.02. The van der Waals surface area contributed by atoms with E-state index in [-0.39, 0.29) is 0 Å². The Morgan fingerprint density at radius 2 is 1.56 bits per heavy atom. The minimum atomic E-state index is 0.338. The zero-order chi connectivity index (χ0) is 12.7. The molecule has 0 aliphatic carbocycles. The molecule has 0 aliphatic rings. The van der Waals surface area contributed by atoms with E-state index in [1.54, 1.807) is 34.1 Å². The fraction of sp³-hybridized carbons (Fsp3) is 0.0769. The molecule has 0 spiro atoms. The summed E-state index contributed by atoms with van der Waals surface area (Å²) in [5.41, 5.74) is 0.933. The number of rotatable bonds is 2. The maximum atomic E-state index is 9.61. The molecule has 0 unspecified atom stereocenters. The van der Waals surface area contributed by atoms with Crippen LogP contribution in [-0.2, 0) is 0 Å². The molecule has 2 N–H and O–H groups in total. The van der Waals surface area contributed by atoms with Crippen LogP contribution in [0, 0.1) is 6.92 Å². The highest BCUT2D eigenvalue weighted by Gasteiger charge is 2.12. The summed E-state index contributed by atoms with van der Waals surface area (Å²) in [6.07, 6.45) is 0. The van der Waals surface area contributed by atoms with Crippen molar-refractivity contribution in [1.82, 2.24) is 0 Å². The second-order valence-corrected chi connectivity index (χ2v) is 6.90. The highest BCUT2D eigenvalue weighted by atomic mass is 32.1. The van der Waals surface area contributed by atoms with Crippen molar-refractivity contribution in [2.45, 2.75) is 6.92 Å². The molecule has 0 saturated carbocycles. The Labute approximate surface area is 116 Å². The van der Waals surface area contributed by atoms with Crippen molar-refractivity contribution in [3.63, 3.8) is 0 Å². The van der Waals surface area contributed by atoms with Crippen LogP contribution in [0.25, 0.3) is 19.5 Å². The van der Waals surface area contributed by atoms with Crippen LogP contribution in [0.5, 0.6) is 10.8 Å². The molecule has 3 aromatic rings. The fourth-order valence-electron chi connectivity index (χ4n) is 1.70. The van der Waals surface area contributed by atoms with Crippen LogP contribution in [0.1, 0.15) is 5.56 Å². The van der Waals surface area contributed by atoms with Gasteiger partial charge in [-0.1, -0.05) is 11.3 Å². The Hall–Kier alpha value is -1.30. The lowest BCUT2D eigenvalue weighted by atomic mass is 10.2. The molecular formula is C13H10O2S3. The zero-order valence-corrected chi connectivity index (χ0v) is 12.0. The molecule has 3 heterocycles. The molecule has 3 aromatic heterocycles. The largest absolute Gasteiger partial charge is 0.507 e. The highest BCUT2D eigenvalue weighted by molar-refractivity contribution is 7.26. The van der Waals surface area contributed by atoms with Gasteiger partial charge in [-0.15, -0.1) is 22.7 Å². The van der Waals surface area contributed by atoms with E-state index in [4.69, 9.17) is 0 Å². The van der Waals surface area contributed by atoms with Crippen molar-refractivity contribution < 1.29 is 10.2 Å². The second kappa shape index (κ2) is 4.42. The maximum Gasteiger partial charge on any atom is 0.171 e. The van der Waals surface area contributed by atoms with Gasteiger partial charge >= 0.3 is 0 Å². The third kappa shape index (κ3) is 1.94. The zero-order valence-electron chi connectivity index (χ0n) is 9.51. The maximum absolute atomic E-state index is 9.61. The highest BCUT2D eigenvalue weighted by Crippen LogP contribution is 2.43. The smallest absolute Gasteiger partial charge is 0.171 e. The summed E-state index contributed by atoms with van der Waals surface area (Å²) < 4.78 is 0. The standard InChI is InChI=1S/C13H10O2S3/c1-7-8(14)6-16-13(7)11-3-2-9(17-11)10-4-5-12(15)18-10/h2-6,14-15H,1H3. The van der Waals surface area contributed by atoms with E-state index >= 15 is 0 Å². The summed E-state index contributed by atoms with van der Waals surface area (Å²) in [6, 6.07) is 7.76. The van der Waals surface area contributed by atoms with Crippen molar-refractivity contribution in [2.75, 3.05) is 0 Å². The Kier molecular flexibility index (Phi) is 2.89. The summed E-state index contributed by atoms with van der Waals surface area (Å²) in [4.78, 5) is 4.48. The number of thiophene rings is 3. The molecule has 0 fully saturated rings. The van der Waals surface area contributed by atoms with Crippen LogP contribution in [0.15, 0.2) is 29.6 Å². The van der Waals surface area contributed by atoms with Gasteiger partial charge in [-0.3, -0.25) is 0 Å². The van der Waals surface area contributed by atoms with Crippen LogP contribution in [0.3, 0.4) is 0 Å². The van der Waals surface area contributed by atoms with Gasteiger partial charge in [0.05, 0.1) is 4.88 Å². The van der Waals surface area contributed by atoms with Gasteiger partial charge in [-0.25, -0.2) is 0 Å². The number of hydrogen-bond acceptors (Lipinski definition) is 5.